The van der Waals surface area contributed by atoms with Crippen molar-refractivity contribution in [3.63, 3.8) is 0 Å². The van der Waals surface area contributed by atoms with E-state index < -0.39 is 49.9 Å². The van der Waals surface area contributed by atoms with Crippen molar-refractivity contribution < 1.29 is 33.4 Å². The van der Waals surface area contributed by atoms with Gasteiger partial charge in [0.1, 0.15) is 30.3 Å². The Kier molecular flexibility index (Phi) is 6.99. The van der Waals surface area contributed by atoms with E-state index in [1.54, 1.807) is 18.2 Å². The number of nitrogens with zero attached hydrogens (tertiary/aromatic N) is 1. The highest BCUT2D eigenvalue weighted by Crippen LogP contribution is 2.45. The first kappa shape index (κ1) is 23.5. The molecule has 4 atom stereocenters. The van der Waals surface area contributed by atoms with Crippen molar-refractivity contribution in [2.75, 3.05) is 6.61 Å². The molecule has 1 aliphatic heterocycles. The summed E-state index contributed by atoms with van der Waals surface area (Å²) in [7, 11) is -4.19. The van der Waals surface area contributed by atoms with E-state index in [2.05, 4.69) is 10.1 Å². The molecular formula is C19H22N3O9P. The van der Waals surface area contributed by atoms with Gasteiger partial charge in [-0.15, -0.1) is 0 Å². The lowest BCUT2D eigenvalue weighted by molar-refractivity contribution is -0.138. The normalized spacial score (nSPS) is 20.7. The zero-order valence-electron chi connectivity index (χ0n) is 17.1. The van der Waals surface area contributed by atoms with Gasteiger partial charge in [0, 0.05) is 11.8 Å². The van der Waals surface area contributed by atoms with Crippen molar-refractivity contribution in [1.29, 1.82) is 0 Å². The minimum Gasteiger partial charge on any atom is -0.480 e. The summed E-state index contributed by atoms with van der Waals surface area (Å²) in [6.07, 6.45) is 0.0333. The Morgan fingerprint density at radius 1 is 1.34 bits per heavy atom. The van der Waals surface area contributed by atoms with E-state index in [9.17, 15) is 24.1 Å². The van der Waals surface area contributed by atoms with Gasteiger partial charge in [-0.2, -0.15) is 5.09 Å². The molecule has 0 aliphatic carbocycles. The number of aromatic amines is 1. The van der Waals surface area contributed by atoms with Gasteiger partial charge < -0.3 is 19.5 Å². The number of benzene rings is 1. The average Bonchev–Trinajstić information content (AvgIpc) is 3.10. The first-order valence-electron chi connectivity index (χ1n) is 9.45. The van der Waals surface area contributed by atoms with Crippen molar-refractivity contribution >= 4 is 13.7 Å². The van der Waals surface area contributed by atoms with E-state index in [1.807, 2.05) is 0 Å². The molecule has 1 aromatic carbocycles. The molecule has 1 aliphatic rings. The lowest BCUT2D eigenvalue weighted by Crippen LogP contribution is -2.36. The number of carboxylic acid groups (broad SMARTS) is 1. The summed E-state index contributed by atoms with van der Waals surface area (Å²) in [6.45, 7) is 2.29. The van der Waals surface area contributed by atoms with Gasteiger partial charge in [0.05, 0.1) is 0 Å². The van der Waals surface area contributed by atoms with Crippen LogP contribution >= 0.6 is 7.75 Å². The molecule has 172 valence electrons. The summed E-state index contributed by atoms with van der Waals surface area (Å²) in [4.78, 5) is 36.9. The maximum atomic E-state index is 13.2. The molecule has 0 fully saturated rings. The fourth-order valence-electron chi connectivity index (χ4n) is 2.77. The van der Waals surface area contributed by atoms with Gasteiger partial charge in [-0.3, -0.25) is 23.7 Å². The molecular weight excluding hydrogens is 445 g/mol. The van der Waals surface area contributed by atoms with E-state index in [0.717, 1.165) is 4.57 Å². The topological polar surface area (TPSA) is 169 Å². The monoisotopic (exact) mass is 467 g/mol. The summed E-state index contributed by atoms with van der Waals surface area (Å²) >= 11 is 0. The van der Waals surface area contributed by atoms with Gasteiger partial charge in [-0.1, -0.05) is 18.2 Å². The van der Waals surface area contributed by atoms with E-state index in [0.29, 0.717) is 0 Å². The largest absolute Gasteiger partial charge is 0.480 e. The molecule has 2 aromatic rings. The molecule has 0 saturated carbocycles. The highest BCUT2D eigenvalue weighted by Gasteiger charge is 2.35. The lowest BCUT2D eigenvalue weighted by atomic mass is 10.3. The fraction of sp³-hybridized carbons (Fsp3) is 0.316. The van der Waals surface area contributed by atoms with Crippen molar-refractivity contribution in [2.24, 2.45) is 0 Å². The van der Waals surface area contributed by atoms with E-state index in [4.69, 9.17) is 18.9 Å². The van der Waals surface area contributed by atoms with Gasteiger partial charge in [0.2, 0.25) is 6.23 Å². The molecule has 32 heavy (non-hydrogen) atoms. The molecule has 0 radical (unpaired) electrons. The van der Waals surface area contributed by atoms with Gasteiger partial charge in [-0.05, 0) is 32.1 Å². The maximum Gasteiger partial charge on any atom is 0.459 e. The Hall–Kier alpha value is -3.18. The Balaban J connectivity index is 1.74. The van der Waals surface area contributed by atoms with Crippen LogP contribution in [0.25, 0.3) is 0 Å². The van der Waals surface area contributed by atoms with Crippen molar-refractivity contribution in [1.82, 2.24) is 14.6 Å². The zero-order chi connectivity index (χ0) is 23.5. The van der Waals surface area contributed by atoms with Crippen LogP contribution in [0.4, 0.5) is 0 Å². The summed E-state index contributed by atoms with van der Waals surface area (Å²) in [6, 6.07) is 6.74. The molecule has 0 amide bonds. The molecule has 12 nitrogen and oxygen atoms in total. The summed E-state index contributed by atoms with van der Waals surface area (Å²) in [5.41, 5.74) is -1.11. The number of carbonyl (C=O) groups is 1. The van der Waals surface area contributed by atoms with Crippen LogP contribution in [0, 0.1) is 6.92 Å². The second-order valence-corrected chi connectivity index (χ2v) is 8.67. The Morgan fingerprint density at radius 3 is 2.69 bits per heavy atom. The van der Waals surface area contributed by atoms with Crippen molar-refractivity contribution in [3.05, 3.63) is 74.8 Å². The average molecular weight is 467 g/mol. The number of hydrogen-bond acceptors (Lipinski definition) is 8. The van der Waals surface area contributed by atoms with Crippen LogP contribution < -0.4 is 20.9 Å². The van der Waals surface area contributed by atoms with E-state index in [1.165, 1.54) is 38.3 Å². The molecule has 1 aromatic heterocycles. The summed E-state index contributed by atoms with van der Waals surface area (Å²) in [5, 5.41) is 21.7. The maximum absolute atomic E-state index is 13.2. The molecule has 2 heterocycles. The van der Waals surface area contributed by atoms with Gasteiger partial charge in [-0.25, -0.2) is 9.36 Å². The summed E-state index contributed by atoms with van der Waals surface area (Å²) in [5.74, 6) is -1.07. The number of rotatable bonds is 9. The molecule has 0 unspecified atom stereocenters. The second kappa shape index (κ2) is 9.53. The third-order valence-electron chi connectivity index (χ3n) is 4.41. The van der Waals surface area contributed by atoms with Crippen LogP contribution in [-0.4, -0.2) is 44.5 Å². The minimum absolute atomic E-state index is 0.0277. The summed E-state index contributed by atoms with van der Waals surface area (Å²) < 4.78 is 30.5. The predicted molar refractivity (Wildman–Crippen MR) is 111 cm³/mol. The molecule has 4 N–H and O–H groups in total. The number of nitrogens with one attached hydrogen (secondary N) is 2. The van der Waals surface area contributed by atoms with Crippen LogP contribution in [0.5, 0.6) is 5.75 Å². The highest BCUT2D eigenvalue weighted by atomic mass is 31.2. The number of ether oxygens (including phenoxy) is 1. The number of aliphatic hydroxyl groups is 1. The molecule has 0 saturated heterocycles. The van der Waals surface area contributed by atoms with Crippen molar-refractivity contribution in [3.8, 4) is 5.75 Å². The smallest absolute Gasteiger partial charge is 0.459 e. The minimum atomic E-state index is -4.19. The third kappa shape index (κ3) is 5.54. The van der Waals surface area contributed by atoms with Crippen molar-refractivity contribution in [2.45, 2.75) is 32.2 Å². The van der Waals surface area contributed by atoms with Gasteiger partial charge in [0.15, 0.2) is 0 Å². The lowest BCUT2D eigenvalue weighted by Gasteiger charge is -2.22. The molecule has 0 bridgehead atoms. The van der Waals surface area contributed by atoms with Crippen LogP contribution in [0.3, 0.4) is 0 Å². The fourth-order valence-corrected chi connectivity index (χ4v) is 4.23. The van der Waals surface area contributed by atoms with E-state index >= 15 is 0 Å². The first-order valence-corrected chi connectivity index (χ1v) is 11.0. The second-order valence-electron chi connectivity index (χ2n) is 6.97. The number of para-hydroxylation sites is 1. The van der Waals surface area contributed by atoms with Crippen LogP contribution in [0.2, 0.25) is 0 Å². The Labute approximate surface area is 181 Å². The number of H-pyrrole nitrogens is 1. The SMILES string of the molecule is Cc1cn([C@@H]2OC(CO[P@@](=O)(N[C@@H](C)C(=O)O)Oc3ccccc3)=C[C@H]2O)c(=O)[nH]c1=O. The van der Waals surface area contributed by atoms with Crippen LogP contribution in [-0.2, 0) is 18.6 Å². The Bertz CT molecular complexity index is 1170. The molecule has 3 rings (SSSR count). The predicted octanol–water partition coefficient (Wildman–Crippen LogP) is 0.885. The first-order chi connectivity index (χ1) is 15.1. The van der Waals surface area contributed by atoms with Gasteiger partial charge in [0.25, 0.3) is 5.56 Å². The standard InChI is InChI=1S/C19H22N3O9P/c1-11-9-22(19(27)20-16(11)24)17-15(23)8-14(30-17)10-29-32(28,21-12(2)18(25)26)31-13-6-4-3-5-7-13/h3-9,12,15,17,23H,10H2,1-2H3,(H,21,28)(H,25,26)(H,20,24,27)/t12-,15+,17+,32-/m0/s1. The number of aromatic nitrogens is 2. The third-order valence-corrected chi connectivity index (χ3v) is 6.03. The number of hydrogen-bond donors (Lipinski definition) is 4. The van der Waals surface area contributed by atoms with Gasteiger partial charge >= 0.3 is 19.4 Å². The van der Waals surface area contributed by atoms with E-state index in [-0.39, 0.29) is 17.1 Å². The molecule has 0 spiro atoms. The number of aliphatic hydroxyl groups excluding tert-OH is 1. The number of aliphatic carboxylic acids is 1. The highest BCUT2D eigenvalue weighted by molar-refractivity contribution is 7.52. The van der Waals surface area contributed by atoms with Crippen LogP contribution in [0.15, 0.2) is 58.0 Å². The Morgan fingerprint density at radius 2 is 2.03 bits per heavy atom. The zero-order valence-corrected chi connectivity index (χ0v) is 18.0. The molecule has 13 heteroatoms. The number of carboxylic acids is 1. The quantitative estimate of drug-likeness (QED) is 0.388. The van der Waals surface area contributed by atoms with Crippen LogP contribution in [0.1, 0.15) is 18.7 Å². The number of aryl methyl sites for hydroxylation is 1.